The molecule has 0 aromatic carbocycles. The summed E-state index contributed by atoms with van der Waals surface area (Å²) in [7, 11) is 1.34. The highest BCUT2D eigenvalue weighted by Gasteiger charge is 2.33. The first-order valence-corrected chi connectivity index (χ1v) is 5.81. The van der Waals surface area contributed by atoms with E-state index in [9.17, 15) is 9.59 Å². The van der Waals surface area contributed by atoms with Crippen molar-refractivity contribution >= 4 is 11.8 Å². The molecular formula is C13H20O3. The van der Waals surface area contributed by atoms with Gasteiger partial charge in [0.05, 0.1) is 7.11 Å². The molecule has 0 aromatic rings. The van der Waals surface area contributed by atoms with Gasteiger partial charge in [-0.3, -0.25) is 9.59 Å². The Bertz CT molecular complexity index is 294. The lowest BCUT2D eigenvalue weighted by atomic mass is 9.85. The van der Waals surface area contributed by atoms with Gasteiger partial charge in [-0.05, 0) is 24.7 Å². The molecule has 0 N–H and O–H groups in total. The molecular weight excluding hydrogens is 204 g/mol. The number of esters is 1. The summed E-state index contributed by atoms with van der Waals surface area (Å²) < 4.78 is 4.72. The fraction of sp³-hybridized carbons (Fsp3) is 0.692. The molecule has 0 heterocycles. The molecule has 16 heavy (non-hydrogen) atoms. The van der Waals surface area contributed by atoms with Crippen molar-refractivity contribution in [2.75, 3.05) is 7.11 Å². The SMILES string of the molecule is COC(=O)C1C(=O)C[C@@H](C)C/C=C\C[C@H]1C. The van der Waals surface area contributed by atoms with Gasteiger partial charge in [0.1, 0.15) is 11.7 Å². The van der Waals surface area contributed by atoms with Gasteiger partial charge in [0.15, 0.2) is 0 Å². The highest BCUT2D eigenvalue weighted by atomic mass is 16.5. The van der Waals surface area contributed by atoms with Crippen LogP contribution in [0.2, 0.25) is 0 Å². The van der Waals surface area contributed by atoms with Crippen LogP contribution in [0.25, 0.3) is 0 Å². The standard InChI is InChI=1S/C13H20O3/c1-9-6-4-5-7-10(2)12(11(14)8-9)13(15)16-3/h4-5,9-10,12H,6-8H2,1-3H3/b5-4-/t9-,10+,12?/m0/s1. The lowest BCUT2D eigenvalue weighted by Gasteiger charge is -2.19. The predicted molar refractivity (Wildman–Crippen MR) is 61.8 cm³/mol. The van der Waals surface area contributed by atoms with Crippen molar-refractivity contribution in [2.45, 2.75) is 33.1 Å². The summed E-state index contributed by atoms with van der Waals surface area (Å²) in [6.45, 7) is 3.96. The fourth-order valence-electron chi connectivity index (χ4n) is 2.14. The Kier molecular flexibility index (Phi) is 4.71. The van der Waals surface area contributed by atoms with Crippen LogP contribution in [0.1, 0.15) is 33.1 Å². The molecule has 1 unspecified atom stereocenters. The number of Topliss-reactive ketones (excluding diaryl/α,β-unsaturated/α-hetero) is 1. The maximum Gasteiger partial charge on any atom is 0.316 e. The molecule has 0 saturated carbocycles. The fourth-order valence-corrected chi connectivity index (χ4v) is 2.14. The maximum atomic E-state index is 12.0. The van der Waals surface area contributed by atoms with E-state index in [1.165, 1.54) is 7.11 Å². The van der Waals surface area contributed by atoms with Crippen LogP contribution in [0.5, 0.6) is 0 Å². The van der Waals surface area contributed by atoms with Crippen molar-refractivity contribution in [1.82, 2.24) is 0 Å². The van der Waals surface area contributed by atoms with E-state index in [2.05, 4.69) is 12.2 Å². The second-order valence-electron chi connectivity index (χ2n) is 4.70. The zero-order valence-corrected chi connectivity index (χ0v) is 10.2. The van der Waals surface area contributed by atoms with Gasteiger partial charge >= 0.3 is 5.97 Å². The minimum absolute atomic E-state index is 0.0237. The van der Waals surface area contributed by atoms with Crippen LogP contribution in [0.3, 0.4) is 0 Å². The Morgan fingerprint density at radius 2 is 1.94 bits per heavy atom. The van der Waals surface area contributed by atoms with Gasteiger partial charge in [0.2, 0.25) is 0 Å². The molecule has 3 heteroatoms. The monoisotopic (exact) mass is 224 g/mol. The molecule has 0 spiro atoms. The molecule has 0 radical (unpaired) electrons. The van der Waals surface area contributed by atoms with Crippen LogP contribution in [0.4, 0.5) is 0 Å². The molecule has 0 aliphatic heterocycles. The zero-order valence-electron chi connectivity index (χ0n) is 10.2. The summed E-state index contributed by atoms with van der Waals surface area (Å²) in [6.07, 6.45) is 6.31. The Morgan fingerprint density at radius 1 is 1.31 bits per heavy atom. The van der Waals surface area contributed by atoms with Crippen LogP contribution in [0.15, 0.2) is 12.2 Å². The van der Waals surface area contributed by atoms with E-state index in [0.29, 0.717) is 12.3 Å². The van der Waals surface area contributed by atoms with Crippen LogP contribution in [-0.2, 0) is 14.3 Å². The minimum atomic E-state index is -0.588. The van der Waals surface area contributed by atoms with E-state index in [1.807, 2.05) is 13.8 Å². The Hall–Kier alpha value is -1.12. The van der Waals surface area contributed by atoms with Crippen molar-refractivity contribution < 1.29 is 14.3 Å². The largest absolute Gasteiger partial charge is 0.468 e. The van der Waals surface area contributed by atoms with Gasteiger partial charge < -0.3 is 4.74 Å². The third-order valence-corrected chi connectivity index (χ3v) is 3.13. The number of methoxy groups -OCH3 is 1. The molecule has 3 atom stereocenters. The lowest BCUT2D eigenvalue weighted by Crippen LogP contribution is -2.31. The molecule has 1 aliphatic rings. The van der Waals surface area contributed by atoms with Crippen LogP contribution in [0, 0.1) is 17.8 Å². The number of hydrogen-bond acceptors (Lipinski definition) is 3. The lowest BCUT2D eigenvalue weighted by molar-refractivity contribution is -0.151. The number of ketones is 1. The molecule has 3 nitrogen and oxygen atoms in total. The van der Waals surface area contributed by atoms with Crippen molar-refractivity contribution in [2.24, 2.45) is 17.8 Å². The van der Waals surface area contributed by atoms with E-state index in [0.717, 1.165) is 12.8 Å². The molecule has 0 amide bonds. The minimum Gasteiger partial charge on any atom is -0.468 e. The van der Waals surface area contributed by atoms with Gasteiger partial charge in [-0.2, -0.15) is 0 Å². The quantitative estimate of drug-likeness (QED) is 0.390. The number of ether oxygens (including phenoxy) is 1. The molecule has 90 valence electrons. The normalized spacial score (nSPS) is 33.4. The predicted octanol–water partition coefficient (Wildman–Crippen LogP) is 2.36. The number of carbonyl (C=O) groups excluding carboxylic acids is 2. The molecule has 0 saturated heterocycles. The maximum absolute atomic E-state index is 12.0. The summed E-state index contributed by atoms with van der Waals surface area (Å²) >= 11 is 0. The summed E-state index contributed by atoms with van der Waals surface area (Å²) in [5.74, 6) is -0.617. The molecule has 0 bridgehead atoms. The number of carbonyl (C=O) groups is 2. The van der Waals surface area contributed by atoms with Crippen LogP contribution in [-0.4, -0.2) is 18.9 Å². The Morgan fingerprint density at radius 3 is 2.56 bits per heavy atom. The zero-order chi connectivity index (χ0) is 12.1. The summed E-state index contributed by atoms with van der Waals surface area (Å²) in [5.41, 5.74) is 0. The first kappa shape index (κ1) is 12.9. The number of hydrogen-bond donors (Lipinski definition) is 0. The van der Waals surface area contributed by atoms with Gasteiger partial charge in [0.25, 0.3) is 0 Å². The molecule has 1 aliphatic carbocycles. The summed E-state index contributed by atoms with van der Waals surface area (Å²) in [5, 5.41) is 0. The van der Waals surface area contributed by atoms with Crippen LogP contribution < -0.4 is 0 Å². The van der Waals surface area contributed by atoms with Gasteiger partial charge in [-0.1, -0.05) is 26.0 Å². The molecule has 0 fully saturated rings. The highest BCUT2D eigenvalue weighted by molar-refractivity contribution is 5.99. The summed E-state index contributed by atoms with van der Waals surface area (Å²) in [4.78, 5) is 23.6. The van der Waals surface area contributed by atoms with Gasteiger partial charge in [-0.25, -0.2) is 0 Å². The molecule has 1 rings (SSSR count). The second kappa shape index (κ2) is 5.83. The Balaban J connectivity index is 2.86. The van der Waals surface area contributed by atoms with E-state index >= 15 is 0 Å². The first-order valence-electron chi connectivity index (χ1n) is 5.81. The average molecular weight is 224 g/mol. The third-order valence-electron chi connectivity index (χ3n) is 3.13. The smallest absolute Gasteiger partial charge is 0.316 e. The number of allylic oxidation sites excluding steroid dienone is 2. The summed E-state index contributed by atoms with van der Waals surface area (Å²) in [6, 6.07) is 0. The van der Waals surface area contributed by atoms with E-state index in [-0.39, 0.29) is 17.7 Å². The van der Waals surface area contributed by atoms with Crippen molar-refractivity contribution in [3.8, 4) is 0 Å². The topological polar surface area (TPSA) is 43.4 Å². The highest BCUT2D eigenvalue weighted by Crippen LogP contribution is 2.25. The molecule has 0 aromatic heterocycles. The first-order chi connectivity index (χ1) is 7.56. The van der Waals surface area contributed by atoms with Gasteiger partial charge in [0, 0.05) is 6.42 Å². The second-order valence-corrected chi connectivity index (χ2v) is 4.70. The van der Waals surface area contributed by atoms with E-state index in [4.69, 9.17) is 4.74 Å². The van der Waals surface area contributed by atoms with Crippen molar-refractivity contribution in [3.63, 3.8) is 0 Å². The Labute approximate surface area is 96.9 Å². The number of rotatable bonds is 1. The van der Waals surface area contributed by atoms with Crippen molar-refractivity contribution in [3.05, 3.63) is 12.2 Å². The van der Waals surface area contributed by atoms with E-state index < -0.39 is 5.92 Å². The van der Waals surface area contributed by atoms with E-state index in [1.54, 1.807) is 0 Å². The third kappa shape index (κ3) is 3.19. The average Bonchev–Trinajstić information content (AvgIpc) is 2.28. The van der Waals surface area contributed by atoms with Crippen LogP contribution >= 0.6 is 0 Å². The van der Waals surface area contributed by atoms with Crippen molar-refractivity contribution in [1.29, 1.82) is 0 Å². The van der Waals surface area contributed by atoms with Gasteiger partial charge in [-0.15, -0.1) is 0 Å².